The molecule has 0 fully saturated rings. The van der Waals surface area contributed by atoms with Gasteiger partial charge in [-0.15, -0.1) is 0 Å². The van der Waals surface area contributed by atoms with Crippen LogP contribution in [0.2, 0.25) is 5.02 Å². The van der Waals surface area contributed by atoms with E-state index >= 15 is 0 Å². The van der Waals surface area contributed by atoms with E-state index in [0.29, 0.717) is 0 Å². The van der Waals surface area contributed by atoms with E-state index in [4.69, 9.17) is 11.6 Å². The van der Waals surface area contributed by atoms with Crippen molar-refractivity contribution < 1.29 is 0 Å². The lowest BCUT2D eigenvalue weighted by molar-refractivity contribution is 0.653. The van der Waals surface area contributed by atoms with Gasteiger partial charge in [0.1, 0.15) is 0 Å². The Morgan fingerprint density at radius 3 is 2.65 bits per heavy atom. The van der Waals surface area contributed by atoms with Crippen LogP contribution in [0.4, 0.5) is 0 Å². The number of rotatable bonds is 6. The summed E-state index contributed by atoms with van der Waals surface area (Å²) in [4.78, 5) is 0. The molecule has 2 rings (SSSR count). The maximum absolute atomic E-state index is 6.19. The second-order valence-electron chi connectivity index (χ2n) is 5.14. The van der Waals surface area contributed by atoms with Crippen LogP contribution in [-0.2, 0) is 13.1 Å². The van der Waals surface area contributed by atoms with E-state index in [1.54, 1.807) is 0 Å². The van der Waals surface area contributed by atoms with Crippen LogP contribution in [0.25, 0.3) is 0 Å². The fraction of sp³-hybridized carbons (Fsp3) is 0.438. The van der Waals surface area contributed by atoms with Gasteiger partial charge in [0.2, 0.25) is 0 Å². The SMILES string of the molecule is CCCNCc1cccc(Cn2nc(C)c(Cl)c2C)c1. The second kappa shape index (κ2) is 6.91. The first kappa shape index (κ1) is 15.1. The zero-order chi connectivity index (χ0) is 14.5. The molecule has 4 heteroatoms. The Labute approximate surface area is 126 Å². The van der Waals surface area contributed by atoms with Gasteiger partial charge >= 0.3 is 0 Å². The Hall–Kier alpha value is -1.32. The van der Waals surface area contributed by atoms with Gasteiger partial charge in [0.25, 0.3) is 0 Å². The molecule has 0 aliphatic carbocycles. The lowest BCUT2D eigenvalue weighted by Gasteiger charge is -2.08. The molecule has 108 valence electrons. The molecule has 1 aromatic heterocycles. The molecule has 0 saturated heterocycles. The number of hydrogen-bond donors (Lipinski definition) is 1. The van der Waals surface area contributed by atoms with Gasteiger partial charge in [-0.25, -0.2) is 0 Å². The zero-order valence-electron chi connectivity index (χ0n) is 12.4. The topological polar surface area (TPSA) is 29.9 Å². The van der Waals surface area contributed by atoms with E-state index in [1.165, 1.54) is 11.1 Å². The molecule has 3 nitrogen and oxygen atoms in total. The number of nitrogens with one attached hydrogen (secondary N) is 1. The molecular weight excluding hydrogens is 270 g/mol. The van der Waals surface area contributed by atoms with Crippen molar-refractivity contribution in [3.05, 3.63) is 51.8 Å². The molecule has 0 aliphatic heterocycles. The summed E-state index contributed by atoms with van der Waals surface area (Å²) >= 11 is 6.19. The van der Waals surface area contributed by atoms with Crippen molar-refractivity contribution in [3.63, 3.8) is 0 Å². The largest absolute Gasteiger partial charge is 0.313 e. The average molecular weight is 292 g/mol. The predicted molar refractivity (Wildman–Crippen MR) is 84.3 cm³/mol. The van der Waals surface area contributed by atoms with E-state index in [-0.39, 0.29) is 0 Å². The average Bonchev–Trinajstić information content (AvgIpc) is 2.67. The van der Waals surface area contributed by atoms with E-state index in [1.807, 2.05) is 18.5 Å². The summed E-state index contributed by atoms with van der Waals surface area (Å²) in [6.45, 7) is 8.86. The van der Waals surface area contributed by atoms with Crippen molar-refractivity contribution in [1.82, 2.24) is 15.1 Å². The molecule has 0 amide bonds. The first-order chi connectivity index (χ1) is 9.61. The van der Waals surface area contributed by atoms with Gasteiger partial charge in [-0.05, 0) is 37.9 Å². The smallest absolute Gasteiger partial charge is 0.0844 e. The molecule has 0 bridgehead atoms. The molecule has 0 spiro atoms. The lowest BCUT2D eigenvalue weighted by Crippen LogP contribution is -2.14. The first-order valence-electron chi connectivity index (χ1n) is 7.10. The molecule has 0 unspecified atom stereocenters. The summed E-state index contributed by atoms with van der Waals surface area (Å²) in [5, 5.41) is 8.67. The number of benzene rings is 1. The minimum atomic E-state index is 0.765. The van der Waals surface area contributed by atoms with E-state index < -0.39 is 0 Å². The number of halogens is 1. The molecule has 1 aromatic carbocycles. The number of hydrogen-bond acceptors (Lipinski definition) is 2. The van der Waals surface area contributed by atoms with Crippen LogP contribution in [0.1, 0.15) is 35.9 Å². The first-order valence-corrected chi connectivity index (χ1v) is 7.47. The van der Waals surface area contributed by atoms with Gasteiger partial charge in [-0.1, -0.05) is 42.8 Å². The van der Waals surface area contributed by atoms with Crippen molar-refractivity contribution in [2.75, 3.05) is 6.54 Å². The summed E-state index contributed by atoms with van der Waals surface area (Å²) < 4.78 is 1.97. The molecule has 20 heavy (non-hydrogen) atoms. The molecule has 1 heterocycles. The van der Waals surface area contributed by atoms with Gasteiger partial charge in [-0.3, -0.25) is 4.68 Å². The third kappa shape index (κ3) is 3.62. The highest BCUT2D eigenvalue weighted by molar-refractivity contribution is 6.31. The van der Waals surface area contributed by atoms with Crippen LogP contribution < -0.4 is 5.32 Å². The molecule has 0 saturated carbocycles. The molecule has 0 aliphatic rings. The van der Waals surface area contributed by atoms with E-state index in [0.717, 1.165) is 42.5 Å². The minimum absolute atomic E-state index is 0.765. The van der Waals surface area contributed by atoms with Crippen molar-refractivity contribution >= 4 is 11.6 Å². The van der Waals surface area contributed by atoms with Gasteiger partial charge in [0, 0.05) is 6.54 Å². The Morgan fingerprint density at radius 2 is 2.00 bits per heavy atom. The molecule has 0 atom stereocenters. The van der Waals surface area contributed by atoms with Crippen LogP contribution >= 0.6 is 11.6 Å². The van der Waals surface area contributed by atoms with Crippen molar-refractivity contribution in [2.45, 2.75) is 40.3 Å². The third-order valence-electron chi connectivity index (χ3n) is 3.37. The predicted octanol–water partition coefficient (Wildman–Crippen LogP) is 3.70. The summed E-state index contributed by atoms with van der Waals surface area (Å²) in [6.07, 6.45) is 1.16. The van der Waals surface area contributed by atoms with Crippen LogP contribution in [0.3, 0.4) is 0 Å². The summed E-state index contributed by atoms with van der Waals surface area (Å²) in [5.41, 5.74) is 4.48. The fourth-order valence-electron chi connectivity index (χ4n) is 2.25. The van der Waals surface area contributed by atoms with Gasteiger partial charge in [0.05, 0.1) is 23.0 Å². The molecule has 0 radical (unpaired) electrons. The van der Waals surface area contributed by atoms with E-state index in [9.17, 15) is 0 Å². The standard InChI is InChI=1S/C16H22ClN3/c1-4-8-18-10-14-6-5-7-15(9-14)11-20-13(3)16(17)12(2)19-20/h5-7,9,18H,4,8,10-11H2,1-3H3. The maximum atomic E-state index is 6.19. The fourth-order valence-corrected chi connectivity index (χ4v) is 2.38. The highest BCUT2D eigenvalue weighted by Crippen LogP contribution is 2.20. The molecular formula is C16H22ClN3. The highest BCUT2D eigenvalue weighted by atomic mass is 35.5. The van der Waals surface area contributed by atoms with Crippen LogP contribution in [0, 0.1) is 13.8 Å². The van der Waals surface area contributed by atoms with Gasteiger partial charge < -0.3 is 5.32 Å². The van der Waals surface area contributed by atoms with Crippen LogP contribution in [-0.4, -0.2) is 16.3 Å². The Morgan fingerprint density at radius 1 is 1.25 bits per heavy atom. The summed E-state index contributed by atoms with van der Waals surface area (Å²) in [6, 6.07) is 8.62. The van der Waals surface area contributed by atoms with Crippen molar-refractivity contribution in [2.24, 2.45) is 0 Å². The van der Waals surface area contributed by atoms with E-state index in [2.05, 4.69) is 41.6 Å². The minimum Gasteiger partial charge on any atom is -0.313 e. The summed E-state index contributed by atoms with van der Waals surface area (Å²) in [7, 11) is 0. The van der Waals surface area contributed by atoms with Gasteiger partial charge in [-0.2, -0.15) is 5.10 Å². The number of aromatic nitrogens is 2. The quantitative estimate of drug-likeness (QED) is 0.823. The van der Waals surface area contributed by atoms with Crippen molar-refractivity contribution in [3.8, 4) is 0 Å². The molecule has 2 aromatic rings. The van der Waals surface area contributed by atoms with Gasteiger partial charge in [0.15, 0.2) is 0 Å². The Kier molecular flexibility index (Phi) is 5.21. The third-order valence-corrected chi connectivity index (χ3v) is 3.92. The maximum Gasteiger partial charge on any atom is 0.0844 e. The zero-order valence-corrected chi connectivity index (χ0v) is 13.2. The Bertz CT molecular complexity index is 575. The van der Waals surface area contributed by atoms with Crippen LogP contribution in [0.5, 0.6) is 0 Å². The number of nitrogens with zero attached hydrogens (tertiary/aromatic N) is 2. The summed E-state index contributed by atoms with van der Waals surface area (Å²) in [5.74, 6) is 0. The number of aryl methyl sites for hydroxylation is 1. The second-order valence-corrected chi connectivity index (χ2v) is 5.52. The Balaban J connectivity index is 2.09. The molecule has 1 N–H and O–H groups in total. The normalized spacial score (nSPS) is 11.0. The van der Waals surface area contributed by atoms with Crippen LogP contribution in [0.15, 0.2) is 24.3 Å². The lowest BCUT2D eigenvalue weighted by atomic mass is 10.1. The van der Waals surface area contributed by atoms with Crippen molar-refractivity contribution in [1.29, 1.82) is 0 Å². The monoisotopic (exact) mass is 291 g/mol. The highest BCUT2D eigenvalue weighted by Gasteiger charge is 2.09.